The number of non-ortho nitro benzene ring substituents is 1. The molecule has 0 spiro atoms. The first kappa shape index (κ1) is 16.5. The van der Waals surface area contributed by atoms with Crippen molar-refractivity contribution in [2.75, 3.05) is 7.05 Å². The zero-order valence-electron chi connectivity index (χ0n) is 13.0. The van der Waals surface area contributed by atoms with Gasteiger partial charge in [0.05, 0.1) is 4.92 Å². The average Bonchev–Trinajstić information content (AvgIpc) is 2.55. The van der Waals surface area contributed by atoms with Gasteiger partial charge in [-0.15, -0.1) is 0 Å². The van der Waals surface area contributed by atoms with Gasteiger partial charge in [0.25, 0.3) is 11.6 Å². The molecule has 0 heterocycles. The van der Waals surface area contributed by atoms with Crippen LogP contribution in [-0.4, -0.2) is 28.9 Å². The van der Waals surface area contributed by atoms with Gasteiger partial charge in [0, 0.05) is 25.7 Å². The summed E-state index contributed by atoms with van der Waals surface area (Å²) in [5, 5.41) is 10.6. The summed E-state index contributed by atoms with van der Waals surface area (Å²) in [6.07, 6.45) is -0.676. The molecule has 0 unspecified atom stereocenters. The van der Waals surface area contributed by atoms with Crippen LogP contribution < -0.4 is 4.74 Å². The normalized spacial score (nSPS) is 11.6. The fourth-order valence-corrected chi connectivity index (χ4v) is 2.15. The van der Waals surface area contributed by atoms with Crippen LogP contribution in [0.2, 0.25) is 0 Å². The van der Waals surface area contributed by atoms with Crippen LogP contribution in [-0.2, 0) is 11.3 Å². The standard InChI is InChI=1S/C17H18N2O4/c1-13(23-16-10-8-15(9-11-16)19(21)22)17(20)18(2)12-14-6-4-3-5-7-14/h3-11,13H,12H2,1-2H3/t13-/m1/s1. The molecule has 0 saturated carbocycles. The van der Waals surface area contributed by atoms with E-state index >= 15 is 0 Å². The molecule has 1 amide bonds. The summed E-state index contributed by atoms with van der Waals surface area (Å²) in [4.78, 5) is 24.0. The van der Waals surface area contributed by atoms with Crippen LogP contribution in [0.3, 0.4) is 0 Å². The number of ether oxygens (including phenoxy) is 1. The summed E-state index contributed by atoms with van der Waals surface area (Å²) in [5.41, 5.74) is 1.02. The van der Waals surface area contributed by atoms with E-state index in [1.165, 1.54) is 24.3 Å². The molecule has 0 aromatic heterocycles. The Hall–Kier alpha value is -2.89. The summed E-state index contributed by atoms with van der Waals surface area (Å²) < 4.78 is 5.56. The van der Waals surface area contributed by atoms with Crippen molar-refractivity contribution in [1.29, 1.82) is 0 Å². The molecule has 0 fully saturated rings. The smallest absolute Gasteiger partial charge is 0.269 e. The van der Waals surface area contributed by atoms with E-state index in [-0.39, 0.29) is 11.6 Å². The van der Waals surface area contributed by atoms with E-state index in [2.05, 4.69) is 0 Å². The Labute approximate surface area is 134 Å². The topological polar surface area (TPSA) is 72.7 Å². The van der Waals surface area contributed by atoms with Crippen molar-refractivity contribution >= 4 is 11.6 Å². The quantitative estimate of drug-likeness (QED) is 0.607. The largest absolute Gasteiger partial charge is 0.481 e. The predicted octanol–water partition coefficient (Wildman–Crippen LogP) is 3.02. The molecule has 6 heteroatoms. The van der Waals surface area contributed by atoms with E-state index in [9.17, 15) is 14.9 Å². The molecular formula is C17H18N2O4. The second-order valence-electron chi connectivity index (χ2n) is 5.19. The first-order valence-corrected chi connectivity index (χ1v) is 7.17. The minimum Gasteiger partial charge on any atom is -0.481 e. The summed E-state index contributed by atoms with van der Waals surface area (Å²) in [6, 6.07) is 15.3. The van der Waals surface area contributed by atoms with Gasteiger partial charge in [-0.3, -0.25) is 14.9 Å². The minimum atomic E-state index is -0.676. The highest BCUT2D eigenvalue weighted by molar-refractivity contribution is 5.80. The lowest BCUT2D eigenvalue weighted by Crippen LogP contribution is -2.37. The van der Waals surface area contributed by atoms with Crippen LogP contribution in [0.25, 0.3) is 0 Å². The number of rotatable bonds is 6. The molecule has 2 aromatic carbocycles. The molecule has 0 aliphatic carbocycles. The van der Waals surface area contributed by atoms with Crippen LogP contribution in [0, 0.1) is 10.1 Å². The number of amides is 1. The van der Waals surface area contributed by atoms with E-state index in [4.69, 9.17) is 4.74 Å². The van der Waals surface area contributed by atoms with Crippen molar-refractivity contribution in [3.8, 4) is 5.75 Å². The van der Waals surface area contributed by atoms with Crippen LogP contribution in [0.15, 0.2) is 54.6 Å². The summed E-state index contributed by atoms with van der Waals surface area (Å²) >= 11 is 0. The van der Waals surface area contributed by atoms with Crippen LogP contribution >= 0.6 is 0 Å². The number of nitrogens with zero attached hydrogens (tertiary/aromatic N) is 2. The van der Waals surface area contributed by atoms with E-state index in [1.807, 2.05) is 30.3 Å². The Bertz CT molecular complexity index is 671. The van der Waals surface area contributed by atoms with Crippen molar-refractivity contribution in [2.24, 2.45) is 0 Å². The van der Waals surface area contributed by atoms with Gasteiger partial charge in [-0.05, 0) is 24.6 Å². The third-order valence-corrected chi connectivity index (χ3v) is 3.35. The molecule has 120 valence electrons. The fourth-order valence-electron chi connectivity index (χ4n) is 2.15. The second kappa shape index (κ2) is 7.40. The number of carbonyl (C=O) groups is 1. The zero-order valence-corrected chi connectivity index (χ0v) is 13.0. The molecule has 0 aliphatic heterocycles. The number of likely N-dealkylation sites (N-methyl/N-ethyl adjacent to an activating group) is 1. The monoisotopic (exact) mass is 314 g/mol. The Balaban J connectivity index is 1.95. The highest BCUT2D eigenvalue weighted by atomic mass is 16.6. The maximum Gasteiger partial charge on any atom is 0.269 e. The SMILES string of the molecule is C[C@@H](Oc1ccc([N+](=O)[O-])cc1)C(=O)N(C)Cc1ccccc1. The van der Waals surface area contributed by atoms with Crippen molar-refractivity contribution in [1.82, 2.24) is 4.90 Å². The number of nitro groups is 1. The molecule has 0 saturated heterocycles. The molecule has 23 heavy (non-hydrogen) atoms. The van der Waals surface area contributed by atoms with E-state index in [0.29, 0.717) is 12.3 Å². The van der Waals surface area contributed by atoms with Gasteiger partial charge < -0.3 is 9.64 Å². The first-order valence-electron chi connectivity index (χ1n) is 7.17. The predicted molar refractivity (Wildman–Crippen MR) is 86.1 cm³/mol. The van der Waals surface area contributed by atoms with Crippen LogP contribution in [0.5, 0.6) is 5.75 Å². The van der Waals surface area contributed by atoms with Crippen LogP contribution in [0.1, 0.15) is 12.5 Å². The molecule has 0 aliphatic rings. The number of benzene rings is 2. The molecule has 0 bridgehead atoms. The molecular weight excluding hydrogens is 296 g/mol. The Morgan fingerprint density at radius 1 is 1.17 bits per heavy atom. The van der Waals surface area contributed by atoms with E-state index < -0.39 is 11.0 Å². The van der Waals surface area contributed by atoms with Gasteiger partial charge in [0.15, 0.2) is 6.10 Å². The van der Waals surface area contributed by atoms with Gasteiger partial charge in [-0.25, -0.2) is 0 Å². The van der Waals surface area contributed by atoms with Gasteiger partial charge in [0.2, 0.25) is 0 Å². The first-order chi connectivity index (χ1) is 11.0. The molecule has 2 rings (SSSR count). The van der Waals surface area contributed by atoms with Crippen molar-refractivity contribution in [3.63, 3.8) is 0 Å². The third kappa shape index (κ3) is 4.54. The Morgan fingerprint density at radius 3 is 2.35 bits per heavy atom. The van der Waals surface area contributed by atoms with Gasteiger partial charge in [-0.1, -0.05) is 30.3 Å². The molecule has 0 N–H and O–H groups in total. The Morgan fingerprint density at radius 2 is 1.78 bits per heavy atom. The van der Waals surface area contributed by atoms with Gasteiger partial charge in [0.1, 0.15) is 5.75 Å². The summed E-state index contributed by atoms with van der Waals surface area (Å²) in [5.74, 6) is 0.261. The second-order valence-corrected chi connectivity index (χ2v) is 5.19. The maximum atomic E-state index is 12.3. The highest BCUT2D eigenvalue weighted by Crippen LogP contribution is 2.19. The molecule has 1 atom stereocenters. The third-order valence-electron chi connectivity index (χ3n) is 3.35. The Kier molecular flexibility index (Phi) is 5.30. The molecule has 0 radical (unpaired) electrons. The van der Waals surface area contributed by atoms with Gasteiger partial charge in [-0.2, -0.15) is 0 Å². The highest BCUT2D eigenvalue weighted by Gasteiger charge is 2.19. The lowest BCUT2D eigenvalue weighted by Gasteiger charge is -2.22. The summed E-state index contributed by atoms with van der Waals surface area (Å²) in [6.45, 7) is 2.15. The van der Waals surface area contributed by atoms with Crippen molar-refractivity contribution in [2.45, 2.75) is 19.6 Å². The van der Waals surface area contributed by atoms with E-state index in [1.54, 1.807) is 18.9 Å². The van der Waals surface area contributed by atoms with E-state index in [0.717, 1.165) is 5.56 Å². The lowest BCUT2D eigenvalue weighted by molar-refractivity contribution is -0.384. The number of hydrogen-bond acceptors (Lipinski definition) is 4. The maximum absolute atomic E-state index is 12.3. The molecule has 6 nitrogen and oxygen atoms in total. The average molecular weight is 314 g/mol. The van der Waals surface area contributed by atoms with Crippen molar-refractivity contribution in [3.05, 3.63) is 70.3 Å². The minimum absolute atomic E-state index is 0.0162. The number of nitro benzene ring substituents is 1. The number of hydrogen-bond donors (Lipinski definition) is 0. The molecule has 2 aromatic rings. The number of carbonyl (C=O) groups excluding carboxylic acids is 1. The van der Waals surface area contributed by atoms with Crippen LogP contribution in [0.4, 0.5) is 5.69 Å². The fraction of sp³-hybridized carbons (Fsp3) is 0.235. The lowest BCUT2D eigenvalue weighted by atomic mass is 10.2. The van der Waals surface area contributed by atoms with Gasteiger partial charge >= 0.3 is 0 Å². The van der Waals surface area contributed by atoms with Crippen molar-refractivity contribution < 1.29 is 14.5 Å². The zero-order chi connectivity index (χ0) is 16.8. The summed E-state index contributed by atoms with van der Waals surface area (Å²) in [7, 11) is 1.71.